The standard InChI is InChI=1S/C12H18ClNO2S/c1-2-6-14-8-11(15)9-17(16)12-5-3-4-10(13)7-12/h3-5,7,11,14-15H,2,6,8-9H2,1H3. The fourth-order valence-electron chi connectivity index (χ4n) is 1.38. The van der Waals surface area contributed by atoms with Gasteiger partial charge in [-0.15, -0.1) is 0 Å². The second-order valence-electron chi connectivity index (χ2n) is 3.83. The number of aliphatic hydroxyl groups is 1. The van der Waals surface area contributed by atoms with Gasteiger partial charge in [0.15, 0.2) is 0 Å². The van der Waals surface area contributed by atoms with Crippen molar-refractivity contribution in [1.82, 2.24) is 5.32 Å². The van der Waals surface area contributed by atoms with Crippen molar-refractivity contribution in [2.75, 3.05) is 18.8 Å². The second kappa shape index (κ2) is 7.82. The van der Waals surface area contributed by atoms with Crippen LogP contribution in [0.2, 0.25) is 5.02 Å². The van der Waals surface area contributed by atoms with Crippen molar-refractivity contribution >= 4 is 22.4 Å². The molecule has 0 radical (unpaired) electrons. The summed E-state index contributed by atoms with van der Waals surface area (Å²) >= 11 is 5.82. The zero-order valence-corrected chi connectivity index (χ0v) is 11.4. The van der Waals surface area contributed by atoms with E-state index in [1.165, 1.54) is 0 Å². The van der Waals surface area contributed by atoms with E-state index in [9.17, 15) is 9.32 Å². The summed E-state index contributed by atoms with van der Waals surface area (Å²) in [6.07, 6.45) is 0.422. The number of rotatable bonds is 7. The lowest BCUT2D eigenvalue weighted by atomic mass is 10.4. The molecule has 0 aliphatic carbocycles. The quantitative estimate of drug-likeness (QED) is 0.746. The maximum atomic E-state index is 11.9. The van der Waals surface area contributed by atoms with Crippen molar-refractivity contribution in [2.24, 2.45) is 0 Å². The van der Waals surface area contributed by atoms with Crippen LogP contribution in [0.4, 0.5) is 0 Å². The molecule has 0 saturated carbocycles. The van der Waals surface area contributed by atoms with Gasteiger partial charge < -0.3 is 10.4 Å². The minimum absolute atomic E-state index is 0.233. The van der Waals surface area contributed by atoms with E-state index in [1.54, 1.807) is 24.3 Å². The number of hydrogen-bond acceptors (Lipinski definition) is 3. The van der Waals surface area contributed by atoms with E-state index in [-0.39, 0.29) is 5.75 Å². The molecular formula is C12H18ClNO2S. The number of aliphatic hydroxyl groups excluding tert-OH is 1. The average molecular weight is 276 g/mol. The number of nitrogens with one attached hydrogen (secondary N) is 1. The highest BCUT2D eigenvalue weighted by molar-refractivity contribution is 7.85. The third-order valence-corrected chi connectivity index (χ3v) is 3.91. The molecule has 0 fully saturated rings. The van der Waals surface area contributed by atoms with Gasteiger partial charge in [-0.1, -0.05) is 24.6 Å². The molecule has 1 aromatic carbocycles. The SMILES string of the molecule is CCCNCC(O)CS(=O)c1cccc(Cl)c1. The molecule has 0 bridgehead atoms. The van der Waals surface area contributed by atoms with Crippen LogP contribution in [0.3, 0.4) is 0 Å². The van der Waals surface area contributed by atoms with Crippen LogP contribution in [0.1, 0.15) is 13.3 Å². The van der Waals surface area contributed by atoms with Crippen molar-refractivity contribution < 1.29 is 9.32 Å². The lowest BCUT2D eigenvalue weighted by Gasteiger charge is -2.11. The van der Waals surface area contributed by atoms with E-state index in [4.69, 9.17) is 11.6 Å². The average Bonchev–Trinajstić information content (AvgIpc) is 2.29. The largest absolute Gasteiger partial charge is 0.391 e. The Bertz CT molecular complexity index is 373. The minimum atomic E-state index is -1.20. The topological polar surface area (TPSA) is 49.3 Å². The van der Waals surface area contributed by atoms with Crippen molar-refractivity contribution in [3.63, 3.8) is 0 Å². The van der Waals surface area contributed by atoms with Crippen LogP contribution in [0, 0.1) is 0 Å². The highest BCUT2D eigenvalue weighted by atomic mass is 35.5. The van der Waals surface area contributed by atoms with Crippen LogP contribution < -0.4 is 5.32 Å². The molecule has 5 heteroatoms. The van der Waals surface area contributed by atoms with Gasteiger partial charge in [0.2, 0.25) is 0 Å². The summed E-state index contributed by atoms with van der Waals surface area (Å²) in [7, 11) is -1.20. The van der Waals surface area contributed by atoms with Gasteiger partial charge in [0, 0.05) is 16.5 Å². The van der Waals surface area contributed by atoms with Crippen molar-refractivity contribution in [1.29, 1.82) is 0 Å². The van der Waals surface area contributed by atoms with Gasteiger partial charge in [-0.05, 0) is 31.2 Å². The van der Waals surface area contributed by atoms with E-state index in [1.807, 2.05) is 0 Å². The lowest BCUT2D eigenvalue weighted by molar-refractivity contribution is 0.195. The number of hydrogen-bond donors (Lipinski definition) is 2. The van der Waals surface area contributed by atoms with E-state index in [0.717, 1.165) is 13.0 Å². The van der Waals surface area contributed by atoms with Crippen LogP contribution in [-0.2, 0) is 10.8 Å². The first-order valence-electron chi connectivity index (χ1n) is 5.66. The highest BCUT2D eigenvalue weighted by Gasteiger charge is 2.11. The molecule has 0 heterocycles. The van der Waals surface area contributed by atoms with Crippen LogP contribution in [-0.4, -0.2) is 34.3 Å². The summed E-state index contributed by atoms with van der Waals surface area (Å²) < 4.78 is 11.9. The predicted molar refractivity (Wildman–Crippen MR) is 71.9 cm³/mol. The van der Waals surface area contributed by atoms with E-state index in [2.05, 4.69) is 12.2 Å². The molecule has 96 valence electrons. The monoisotopic (exact) mass is 275 g/mol. The molecule has 1 rings (SSSR count). The summed E-state index contributed by atoms with van der Waals surface area (Å²) in [6.45, 7) is 3.39. The Morgan fingerprint density at radius 1 is 1.53 bits per heavy atom. The van der Waals surface area contributed by atoms with Crippen molar-refractivity contribution in [3.05, 3.63) is 29.3 Å². The summed E-state index contributed by atoms with van der Waals surface area (Å²) in [4.78, 5) is 0.659. The Labute approximate surface area is 110 Å². The maximum absolute atomic E-state index is 11.9. The van der Waals surface area contributed by atoms with Gasteiger partial charge in [0.25, 0.3) is 0 Å². The molecular weight excluding hydrogens is 258 g/mol. The number of benzene rings is 1. The Morgan fingerprint density at radius 3 is 2.94 bits per heavy atom. The molecule has 2 atom stereocenters. The maximum Gasteiger partial charge on any atom is 0.0783 e. The Hall–Kier alpha value is -0.420. The summed E-state index contributed by atoms with van der Waals surface area (Å²) in [5.41, 5.74) is 0. The van der Waals surface area contributed by atoms with Gasteiger partial charge in [0.05, 0.1) is 22.7 Å². The van der Waals surface area contributed by atoms with E-state index in [0.29, 0.717) is 16.5 Å². The first-order valence-corrected chi connectivity index (χ1v) is 7.36. The molecule has 0 aliphatic heterocycles. The molecule has 17 heavy (non-hydrogen) atoms. The molecule has 2 unspecified atom stereocenters. The van der Waals surface area contributed by atoms with Gasteiger partial charge in [-0.3, -0.25) is 4.21 Å². The molecule has 1 aromatic rings. The third kappa shape index (κ3) is 5.64. The van der Waals surface area contributed by atoms with Gasteiger partial charge in [-0.2, -0.15) is 0 Å². The molecule has 0 aliphatic rings. The van der Waals surface area contributed by atoms with Crippen molar-refractivity contribution in [2.45, 2.75) is 24.3 Å². The minimum Gasteiger partial charge on any atom is -0.391 e. The van der Waals surface area contributed by atoms with Crippen LogP contribution in [0.15, 0.2) is 29.2 Å². The summed E-state index contributed by atoms with van der Waals surface area (Å²) in [5, 5.41) is 13.3. The second-order valence-corrected chi connectivity index (χ2v) is 5.76. The van der Waals surface area contributed by atoms with Crippen LogP contribution in [0.25, 0.3) is 0 Å². The van der Waals surface area contributed by atoms with E-state index >= 15 is 0 Å². The van der Waals surface area contributed by atoms with Crippen LogP contribution in [0.5, 0.6) is 0 Å². The summed E-state index contributed by atoms with van der Waals surface area (Å²) in [6, 6.07) is 6.93. The molecule has 2 N–H and O–H groups in total. The molecule has 0 saturated heterocycles. The first kappa shape index (κ1) is 14.6. The first-order chi connectivity index (χ1) is 8.13. The van der Waals surface area contributed by atoms with Gasteiger partial charge >= 0.3 is 0 Å². The Morgan fingerprint density at radius 2 is 2.29 bits per heavy atom. The molecule has 0 spiro atoms. The Kier molecular flexibility index (Phi) is 6.73. The molecule has 0 amide bonds. The molecule has 0 aromatic heterocycles. The number of halogens is 1. The van der Waals surface area contributed by atoms with Gasteiger partial charge in [-0.25, -0.2) is 0 Å². The fourth-order valence-corrected chi connectivity index (χ4v) is 2.79. The predicted octanol–water partition coefficient (Wildman–Crippen LogP) is 1.81. The normalized spacial score (nSPS) is 14.5. The molecule has 3 nitrogen and oxygen atoms in total. The third-order valence-electron chi connectivity index (χ3n) is 2.21. The Balaban J connectivity index is 2.43. The van der Waals surface area contributed by atoms with Gasteiger partial charge in [0.1, 0.15) is 0 Å². The smallest absolute Gasteiger partial charge is 0.0783 e. The lowest BCUT2D eigenvalue weighted by Crippen LogP contribution is -2.31. The summed E-state index contributed by atoms with van der Waals surface area (Å²) in [5.74, 6) is 0.233. The fraction of sp³-hybridized carbons (Fsp3) is 0.500. The highest BCUT2D eigenvalue weighted by Crippen LogP contribution is 2.14. The zero-order valence-electron chi connectivity index (χ0n) is 9.86. The van der Waals surface area contributed by atoms with E-state index < -0.39 is 16.9 Å². The zero-order chi connectivity index (χ0) is 12.7. The van der Waals surface area contributed by atoms with Crippen LogP contribution >= 0.6 is 11.6 Å². The van der Waals surface area contributed by atoms with Crippen molar-refractivity contribution in [3.8, 4) is 0 Å².